The normalized spacial score (nSPS) is 25.9. The number of hydrogen-bond acceptors (Lipinski definition) is 6. The van der Waals surface area contributed by atoms with Crippen molar-refractivity contribution in [2.24, 2.45) is 0 Å². The summed E-state index contributed by atoms with van der Waals surface area (Å²) in [5.41, 5.74) is 1.04. The van der Waals surface area contributed by atoms with Gasteiger partial charge in [0, 0.05) is 30.0 Å². The number of carbonyl (C=O) groups is 1. The lowest BCUT2D eigenvalue weighted by Crippen LogP contribution is -2.26. The van der Waals surface area contributed by atoms with Gasteiger partial charge in [-0.05, 0) is 65.0 Å². The number of hydrogen-bond donors (Lipinski definition) is 1. The van der Waals surface area contributed by atoms with Crippen LogP contribution in [0.15, 0.2) is 35.5 Å². The van der Waals surface area contributed by atoms with Crippen LogP contribution in [0.3, 0.4) is 0 Å². The minimum absolute atomic E-state index is 0.0801. The van der Waals surface area contributed by atoms with E-state index in [4.69, 9.17) is 14.5 Å². The smallest absolute Gasteiger partial charge is 0.274 e. The van der Waals surface area contributed by atoms with Gasteiger partial charge in [-0.2, -0.15) is 4.98 Å². The average Bonchev–Trinajstić information content (AvgIpc) is 3.32. The number of ether oxygens (including phenoxy) is 2. The molecule has 0 radical (unpaired) electrons. The third kappa shape index (κ3) is 3.50. The molecule has 6 rings (SSSR count). The number of rotatable bonds is 6. The Kier molecular flexibility index (Phi) is 4.64. The van der Waals surface area contributed by atoms with Gasteiger partial charge >= 0.3 is 0 Å². The van der Waals surface area contributed by atoms with E-state index in [-0.39, 0.29) is 45.9 Å². The van der Waals surface area contributed by atoms with Gasteiger partial charge in [-0.25, -0.2) is 4.98 Å². The van der Waals surface area contributed by atoms with E-state index in [0.29, 0.717) is 12.4 Å². The van der Waals surface area contributed by atoms with Gasteiger partial charge in [0.1, 0.15) is 11.3 Å². The number of nitrogens with zero attached hydrogens (tertiary/aromatic N) is 4. The Bertz CT molecular complexity index is 1350. The van der Waals surface area contributed by atoms with E-state index in [0.717, 1.165) is 37.8 Å². The number of nitrogens with one attached hydrogen (secondary N) is 1. The topological polar surface area (TPSA) is 99.8 Å². The van der Waals surface area contributed by atoms with Crippen LogP contribution in [0.2, 0.25) is 0 Å². The molecule has 1 amide bonds. The molecule has 1 N–H and O–H groups in total. The molecule has 4 heterocycles. The van der Waals surface area contributed by atoms with Crippen LogP contribution in [0.1, 0.15) is 75.0 Å². The predicted molar refractivity (Wildman–Crippen MR) is 126 cm³/mol. The second-order valence-corrected chi connectivity index (χ2v) is 10.5. The number of amides is 1. The minimum atomic E-state index is -0.443. The van der Waals surface area contributed by atoms with Crippen LogP contribution >= 0.6 is 0 Å². The zero-order chi connectivity index (χ0) is 23.7. The van der Waals surface area contributed by atoms with Gasteiger partial charge < -0.3 is 19.4 Å². The van der Waals surface area contributed by atoms with E-state index in [1.165, 1.54) is 0 Å². The van der Waals surface area contributed by atoms with Crippen molar-refractivity contribution in [1.82, 2.24) is 18.9 Å². The molecule has 1 aliphatic heterocycles. The Morgan fingerprint density at radius 3 is 2.74 bits per heavy atom. The van der Waals surface area contributed by atoms with Crippen LogP contribution in [-0.4, -0.2) is 43.2 Å². The maximum atomic E-state index is 13.3. The summed E-state index contributed by atoms with van der Waals surface area (Å²) in [7, 11) is 0. The highest BCUT2D eigenvalue weighted by molar-refractivity contribution is 6.05. The summed E-state index contributed by atoms with van der Waals surface area (Å²) in [6.45, 7) is 6.57. The van der Waals surface area contributed by atoms with Crippen LogP contribution in [0.4, 0.5) is 5.69 Å². The third-order valence-electron chi connectivity index (χ3n) is 7.25. The van der Waals surface area contributed by atoms with Gasteiger partial charge in [0.25, 0.3) is 11.5 Å². The molecular weight excluding hydrogens is 434 g/mol. The van der Waals surface area contributed by atoms with E-state index in [9.17, 15) is 9.59 Å². The number of imidazole rings is 1. The van der Waals surface area contributed by atoms with Gasteiger partial charge in [-0.1, -0.05) is 0 Å². The minimum Gasteiger partial charge on any atom is -0.474 e. The van der Waals surface area contributed by atoms with Crippen LogP contribution in [-0.2, 0) is 10.2 Å². The first kappa shape index (κ1) is 21.3. The summed E-state index contributed by atoms with van der Waals surface area (Å²) in [6, 6.07) is 3.63. The fourth-order valence-electron chi connectivity index (χ4n) is 5.31. The Balaban J connectivity index is 1.37. The van der Waals surface area contributed by atoms with Crippen molar-refractivity contribution in [3.8, 4) is 5.88 Å². The van der Waals surface area contributed by atoms with Gasteiger partial charge in [0.15, 0.2) is 0 Å². The fourth-order valence-corrected chi connectivity index (χ4v) is 5.31. The molecule has 9 heteroatoms. The Morgan fingerprint density at radius 2 is 2.09 bits per heavy atom. The molecule has 34 heavy (non-hydrogen) atoms. The summed E-state index contributed by atoms with van der Waals surface area (Å²) in [5.74, 6) is 0.238. The molecule has 3 aromatic rings. The third-order valence-corrected chi connectivity index (χ3v) is 7.25. The summed E-state index contributed by atoms with van der Waals surface area (Å²) in [4.78, 5) is 35.5. The second kappa shape index (κ2) is 7.40. The molecule has 2 aliphatic carbocycles. The summed E-state index contributed by atoms with van der Waals surface area (Å²) in [6.07, 6.45) is 10.2. The number of aromatic nitrogens is 4. The first-order valence-corrected chi connectivity index (χ1v) is 12.0. The van der Waals surface area contributed by atoms with Crippen molar-refractivity contribution in [3.05, 3.63) is 52.3 Å². The SMILES string of the molecule is CC(C)Oc1nc2nc([C@@]34CC[C@@](C)(C3)OC4)cn2cc1C(=O)Nc1cccn(C2CC2)c1=O. The Morgan fingerprint density at radius 1 is 1.26 bits per heavy atom. The molecule has 0 unspecified atom stereocenters. The molecule has 2 bridgehead atoms. The molecule has 3 aromatic heterocycles. The lowest BCUT2D eigenvalue weighted by molar-refractivity contribution is -0.00627. The first-order valence-electron chi connectivity index (χ1n) is 12.0. The fraction of sp³-hybridized carbons (Fsp3) is 0.520. The van der Waals surface area contributed by atoms with E-state index < -0.39 is 5.91 Å². The highest BCUT2D eigenvalue weighted by Crippen LogP contribution is 2.53. The summed E-state index contributed by atoms with van der Waals surface area (Å²) in [5, 5.41) is 2.77. The lowest BCUT2D eigenvalue weighted by Gasteiger charge is -2.24. The lowest BCUT2D eigenvalue weighted by atomic mass is 9.84. The summed E-state index contributed by atoms with van der Waals surface area (Å²) < 4.78 is 15.4. The van der Waals surface area contributed by atoms with E-state index in [2.05, 4.69) is 17.2 Å². The van der Waals surface area contributed by atoms with E-state index in [1.54, 1.807) is 33.5 Å². The van der Waals surface area contributed by atoms with Gasteiger partial charge in [-0.15, -0.1) is 0 Å². The first-order chi connectivity index (χ1) is 16.3. The van der Waals surface area contributed by atoms with Crippen molar-refractivity contribution >= 4 is 17.4 Å². The highest BCUT2D eigenvalue weighted by atomic mass is 16.5. The van der Waals surface area contributed by atoms with Crippen molar-refractivity contribution in [1.29, 1.82) is 0 Å². The van der Waals surface area contributed by atoms with Crippen molar-refractivity contribution in [3.63, 3.8) is 0 Å². The van der Waals surface area contributed by atoms with Crippen LogP contribution in [0, 0.1) is 0 Å². The monoisotopic (exact) mass is 463 g/mol. The standard InChI is InChI=1S/C25H29N5O4/c1-15(2)34-21-17(20(31)26-18-5-4-10-30(22(18)32)16-6-7-16)11-29-12-19(27-23(29)28-21)25-9-8-24(3,13-25)33-14-25/h4-5,10-12,15-16H,6-9,13-14H2,1-3H3,(H,26,31)/t24-,25-/m0/s1. The molecule has 2 saturated carbocycles. The largest absolute Gasteiger partial charge is 0.474 e. The molecule has 3 fully saturated rings. The molecule has 3 aliphatic rings. The van der Waals surface area contributed by atoms with Crippen molar-refractivity contribution in [2.45, 2.75) is 76.0 Å². The number of carbonyl (C=O) groups excluding carboxylic acids is 1. The number of pyridine rings is 1. The van der Waals surface area contributed by atoms with Crippen molar-refractivity contribution in [2.75, 3.05) is 11.9 Å². The average molecular weight is 464 g/mol. The van der Waals surface area contributed by atoms with Crippen LogP contribution < -0.4 is 15.6 Å². The van der Waals surface area contributed by atoms with Crippen molar-refractivity contribution < 1.29 is 14.3 Å². The van der Waals surface area contributed by atoms with Crippen LogP contribution in [0.5, 0.6) is 5.88 Å². The quantitative estimate of drug-likeness (QED) is 0.601. The Labute approximate surface area is 197 Å². The van der Waals surface area contributed by atoms with Gasteiger partial charge in [-0.3, -0.25) is 14.0 Å². The zero-order valence-corrected chi connectivity index (χ0v) is 19.7. The molecule has 2 atom stereocenters. The van der Waals surface area contributed by atoms with E-state index >= 15 is 0 Å². The number of fused-ring (bicyclic) bond motifs is 3. The molecule has 0 spiro atoms. The molecular formula is C25H29N5O4. The Hall–Kier alpha value is -3.20. The predicted octanol–water partition coefficient (Wildman–Crippen LogP) is 3.48. The maximum Gasteiger partial charge on any atom is 0.274 e. The molecule has 1 saturated heterocycles. The van der Waals surface area contributed by atoms with Crippen LogP contribution in [0.25, 0.3) is 5.78 Å². The summed E-state index contributed by atoms with van der Waals surface area (Å²) >= 11 is 0. The highest BCUT2D eigenvalue weighted by Gasteiger charge is 2.55. The molecule has 9 nitrogen and oxygen atoms in total. The zero-order valence-electron chi connectivity index (χ0n) is 19.7. The maximum absolute atomic E-state index is 13.3. The van der Waals surface area contributed by atoms with Gasteiger partial charge in [0.05, 0.1) is 24.0 Å². The van der Waals surface area contributed by atoms with E-state index in [1.807, 2.05) is 20.0 Å². The second-order valence-electron chi connectivity index (χ2n) is 10.5. The molecule has 178 valence electrons. The number of anilines is 1. The molecule has 0 aromatic carbocycles. The van der Waals surface area contributed by atoms with Gasteiger partial charge in [0.2, 0.25) is 11.7 Å².